The average Bonchev–Trinajstić information content (AvgIpc) is 3.69. The summed E-state index contributed by atoms with van der Waals surface area (Å²) in [5.74, 6) is -3.25. The molecule has 2 aliphatic rings. The summed E-state index contributed by atoms with van der Waals surface area (Å²) in [5.41, 5.74) is 1.49. The second-order valence-electron chi connectivity index (χ2n) is 10.9. The third kappa shape index (κ3) is 6.32. The molecule has 5 rings (SSSR count). The van der Waals surface area contributed by atoms with Crippen molar-refractivity contribution >= 4 is 17.7 Å². The van der Waals surface area contributed by atoms with E-state index in [1.54, 1.807) is 17.0 Å². The Morgan fingerprint density at radius 1 is 0.976 bits per heavy atom. The molecule has 1 saturated carbocycles. The first kappa shape index (κ1) is 29.3. The lowest BCUT2D eigenvalue weighted by Gasteiger charge is -2.29. The first-order chi connectivity index (χ1) is 20.2. The van der Waals surface area contributed by atoms with E-state index in [2.05, 4.69) is 15.6 Å². The monoisotopic (exact) mass is 578 g/mol. The van der Waals surface area contributed by atoms with Gasteiger partial charge < -0.3 is 15.5 Å². The summed E-state index contributed by atoms with van der Waals surface area (Å²) in [5, 5.41) is 5.43. The Balaban J connectivity index is 1.50. The first-order valence-corrected chi connectivity index (χ1v) is 14.3. The molecule has 0 spiro atoms. The summed E-state index contributed by atoms with van der Waals surface area (Å²) in [6.45, 7) is 0.500. The van der Waals surface area contributed by atoms with Crippen molar-refractivity contribution in [3.8, 4) is 11.1 Å². The number of carbonyl (C=O) groups excluding carboxylic acids is 3. The van der Waals surface area contributed by atoms with E-state index in [1.165, 1.54) is 43.6 Å². The zero-order valence-corrected chi connectivity index (χ0v) is 23.3. The molecule has 2 N–H and O–H groups in total. The van der Waals surface area contributed by atoms with E-state index >= 15 is 0 Å². The molecule has 2 aromatic carbocycles. The van der Waals surface area contributed by atoms with E-state index in [4.69, 9.17) is 0 Å². The van der Waals surface area contributed by atoms with Crippen LogP contribution < -0.4 is 10.6 Å². The van der Waals surface area contributed by atoms with Gasteiger partial charge in [0.25, 0.3) is 5.91 Å². The molecule has 0 radical (unpaired) electrons. The number of hydrogen-bond acceptors (Lipinski definition) is 4. The van der Waals surface area contributed by atoms with Gasteiger partial charge >= 0.3 is 0 Å². The van der Waals surface area contributed by atoms with Gasteiger partial charge in [-0.1, -0.05) is 25.0 Å². The lowest BCUT2D eigenvalue weighted by molar-refractivity contribution is -0.141. The second kappa shape index (κ2) is 12.8. The maximum absolute atomic E-state index is 14.5. The fraction of sp³-hybridized carbons (Fsp3) is 0.375. The third-order valence-electron chi connectivity index (χ3n) is 8.14. The number of aromatic nitrogens is 1. The van der Waals surface area contributed by atoms with E-state index in [0.717, 1.165) is 31.7 Å². The van der Waals surface area contributed by atoms with Crippen molar-refractivity contribution in [1.29, 1.82) is 0 Å². The second-order valence-corrected chi connectivity index (χ2v) is 10.9. The quantitative estimate of drug-likeness (QED) is 0.389. The van der Waals surface area contributed by atoms with Crippen molar-refractivity contribution in [3.05, 3.63) is 89.0 Å². The van der Waals surface area contributed by atoms with Crippen molar-refractivity contribution < 1.29 is 27.6 Å². The molecule has 2 heterocycles. The molecule has 1 aromatic heterocycles. The van der Waals surface area contributed by atoms with Gasteiger partial charge in [-0.3, -0.25) is 19.4 Å². The Labute approximate surface area is 242 Å². The van der Waals surface area contributed by atoms with Crippen molar-refractivity contribution in [2.75, 3.05) is 13.6 Å². The summed E-state index contributed by atoms with van der Waals surface area (Å²) >= 11 is 0. The minimum Gasteiger partial charge on any atom is -0.355 e. The molecule has 3 amide bonds. The Bertz CT molecular complexity index is 1470. The summed E-state index contributed by atoms with van der Waals surface area (Å²) in [6, 6.07) is 9.10. The normalized spacial score (nSPS) is 17.7. The molecule has 220 valence electrons. The van der Waals surface area contributed by atoms with Crippen LogP contribution in [0.5, 0.6) is 0 Å². The van der Waals surface area contributed by atoms with Gasteiger partial charge in [0, 0.05) is 37.3 Å². The highest BCUT2D eigenvalue weighted by atomic mass is 19.1. The SMILES string of the molecule is CNC(=O)c1cc(-c2cccnc2C(Cc2cc(F)cc(F)c2)NC(=O)C2CCCN2C(=O)C2CCCC2)ccc1F. The van der Waals surface area contributed by atoms with Crippen molar-refractivity contribution in [2.45, 2.75) is 57.0 Å². The van der Waals surface area contributed by atoms with Crippen LogP contribution in [-0.2, 0) is 16.0 Å². The van der Waals surface area contributed by atoms with Crippen LogP contribution in [0.2, 0.25) is 0 Å². The van der Waals surface area contributed by atoms with Gasteiger partial charge in [0.2, 0.25) is 11.8 Å². The minimum absolute atomic E-state index is 0.000434. The molecule has 2 atom stereocenters. The Kier molecular flexibility index (Phi) is 8.89. The first-order valence-electron chi connectivity index (χ1n) is 14.3. The number of halogens is 3. The number of pyridine rings is 1. The molecule has 10 heteroatoms. The highest BCUT2D eigenvalue weighted by molar-refractivity contribution is 5.95. The fourth-order valence-corrected chi connectivity index (χ4v) is 6.10. The maximum Gasteiger partial charge on any atom is 0.254 e. The maximum atomic E-state index is 14.5. The highest BCUT2D eigenvalue weighted by Crippen LogP contribution is 2.33. The summed E-state index contributed by atoms with van der Waals surface area (Å²) in [6.07, 6.45) is 6.38. The molecule has 0 bridgehead atoms. The van der Waals surface area contributed by atoms with Gasteiger partial charge in [-0.2, -0.15) is 0 Å². The zero-order chi connectivity index (χ0) is 29.8. The zero-order valence-electron chi connectivity index (χ0n) is 23.3. The number of carbonyl (C=O) groups is 3. The van der Waals surface area contributed by atoms with Gasteiger partial charge in [0.1, 0.15) is 23.5 Å². The van der Waals surface area contributed by atoms with E-state index in [0.29, 0.717) is 41.8 Å². The number of amides is 3. The molecule has 3 aromatic rings. The lowest BCUT2D eigenvalue weighted by Crippen LogP contribution is -2.48. The van der Waals surface area contributed by atoms with Crippen molar-refractivity contribution in [2.24, 2.45) is 5.92 Å². The van der Waals surface area contributed by atoms with Crippen LogP contribution in [0.4, 0.5) is 13.2 Å². The fourth-order valence-electron chi connectivity index (χ4n) is 6.10. The average molecular weight is 579 g/mol. The van der Waals surface area contributed by atoms with Crippen LogP contribution >= 0.6 is 0 Å². The smallest absolute Gasteiger partial charge is 0.254 e. The Hall–Kier alpha value is -4.21. The Morgan fingerprint density at radius 2 is 1.71 bits per heavy atom. The molecule has 1 aliphatic heterocycles. The summed E-state index contributed by atoms with van der Waals surface area (Å²) in [7, 11) is 1.40. The lowest BCUT2D eigenvalue weighted by atomic mass is 9.94. The number of nitrogens with zero attached hydrogens (tertiary/aromatic N) is 2. The van der Waals surface area contributed by atoms with Gasteiger partial charge in [-0.15, -0.1) is 0 Å². The van der Waals surface area contributed by atoms with Gasteiger partial charge in [-0.25, -0.2) is 13.2 Å². The standard InChI is InChI=1S/C32H33F3N4O3/c1-36-30(40)25-17-21(10-11-26(25)35)24-8-4-12-37-29(24)27(16-19-14-22(33)18-23(34)15-19)38-31(41)28-9-5-13-39(28)32(42)20-6-2-3-7-20/h4,8,10-12,14-15,17-18,20,27-28H,2-3,5-7,9,13,16H2,1H3,(H,36,40)(H,38,41). The summed E-state index contributed by atoms with van der Waals surface area (Å²) < 4.78 is 42.8. The number of nitrogens with one attached hydrogen (secondary N) is 2. The minimum atomic E-state index is -0.854. The highest BCUT2D eigenvalue weighted by Gasteiger charge is 2.38. The number of likely N-dealkylation sites (tertiary alicyclic amines) is 1. The van der Waals surface area contributed by atoms with Crippen molar-refractivity contribution in [3.63, 3.8) is 0 Å². The van der Waals surface area contributed by atoms with E-state index in [1.807, 2.05) is 0 Å². The summed E-state index contributed by atoms with van der Waals surface area (Å²) in [4.78, 5) is 45.5. The topological polar surface area (TPSA) is 91.4 Å². The molecule has 1 saturated heterocycles. The molecular formula is C32H33F3N4O3. The van der Waals surface area contributed by atoms with Gasteiger partial charge in [0.15, 0.2) is 0 Å². The van der Waals surface area contributed by atoms with Crippen LogP contribution in [0.1, 0.15) is 66.2 Å². The van der Waals surface area contributed by atoms with E-state index in [-0.39, 0.29) is 29.7 Å². The van der Waals surface area contributed by atoms with Crippen LogP contribution in [0, 0.1) is 23.4 Å². The van der Waals surface area contributed by atoms with Crippen molar-refractivity contribution in [1.82, 2.24) is 20.5 Å². The largest absolute Gasteiger partial charge is 0.355 e. The predicted octanol–water partition coefficient (Wildman–Crippen LogP) is 5.11. The van der Waals surface area contributed by atoms with Crippen LogP contribution in [0.25, 0.3) is 11.1 Å². The van der Waals surface area contributed by atoms with Gasteiger partial charge in [0.05, 0.1) is 17.3 Å². The third-order valence-corrected chi connectivity index (χ3v) is 8.14. The van der Waals surface area contributed by atoms with Gasteiger partial charge in [-0.05, 0) is 73.6 Å². The molecule has 42 heavy (non-hydrogen) atoms. The number of hydrogen-bond donors (Lipinski definition) is 2. The molecule has 2 unspecified atom stereocenters. The molecule has 1 aliphatic carbocycles. The van der Waals surface area contributed by atoms with Crippen LogP contribution in [0.15, 0.2) is 54.7 Å². The van der Waals surface area contributed by atoms with E-state index < -0.39 is 35.4 Å². The van der Waals surface area contributed by atoms with Crippen LogP contribution in [-0.4, -0.2) is 47.2 Å². The molecule has 7 nitrogen and oxygen atoms in total. The molecule has 2 fully saturated rings. The van der Waals surface area contributed by atoms with E-state index in [9.17, 15) is 27.6 Å². The number of rotatable bonds is 8. The predicted molar refractivity (Wildman–Crippen MR) is 151 cm³/mol. The van der Waals surface area contributed by atoms with Crippen LogP contribution in [0.3, 0.4) is 0 Å². The molecular weight excluding hydrogens is 545 g/mol. The number of benzene rings is 2. The Morgan fingerprint density at radius 3 is 2.43 bits per heavy atom.